The quantitative estimate of drug-likeness (QED) is 0.185. The zero-order chi connectivity index (χ0) is 58.1. The highest BCUT2D eigenvalue weighted by molar-refractivity contribution is 6.03. The number of aliphatic carboxylic acids is 1. The second-order valence-corrected chi connectivity index (χ2v) is 16.3. The Morgan fingerprint density at radius 3 is 1.44 bits per heavy atom. The number of benzene rings is 2. The Kier molecular flexibility index (Phi) is 25.7. The van der Waals surface area contributed by atoms with Crippen molar-refractivity contribution in [2.24, 2.45) is 0 Å². The summed E-state index contributed by atoms with van der Waals surface area (Å²) in [5.74, 6) is 101. The van der Waals surface area contributed by atoms with Crippen LogP contribution < -0.4 is 10.2 Å². The Bertz CT molecular complexity index is 4590. The van der Waals surface area contributed by atoms with Gasteiger partial charge in [0.05, 0.1) is 17.0 Å². The molecule has 0 bridgehead atoms. The van der Waals surface area contributed by atoms with Crippen LogP contribution in [0.5, 0.6) is 0 Å². The second-order valence-electron chi connectivity index (χ2n) is 16.3. The van der Waals surface area contributed by atoms with Crippen molar-refractivity contribution in [1.29, 1.82) is 0 Å². The van der Waals surface area contributed by atoms with Crippen molar-refractivity contribution in [3.8, 4) is 262 Å². The molecule has 6 nitrogen and oxygen atoms in total. The zero-order valence-corrected chi connectivity index (χ0v) is 44.1. The molecule has 0 saturated heterocycles. The maximum Gasteiger partial charge on any atom is 0.303 e. The van der Waals surface area contributed by atoms with E-state index in [2.05, 4.69) is 288 Å². The molecule has 368 valence electrons. The predicted octanol–water partition coefficient (Wildman–Crippen LogP) is 5.98. The molecule has 0 aromatic heterocycles. The van der Waals surface area contributed by atoms with Gasteiger partial charge in [0.2, 0.25) is 23.4 Å². The molecule has 2 aliphatic heterocycles. The zero-order valence-electron chi connectivity index (χ0n) is 44.1. The number of amides is 1. The lowest BCUT2D eigenvalue weighted by molar-refractivity contribution is -0.332. The fraction of sp³-hybridized carbons (Fsp3) is 0.133. The van der Waals surface area contributed by atoms with E-state index in [9.17, 15) is 9.59 Å². The molecule has 2 N–H and O–H groups in total. The van der Waals surface area contributed by atoms with Crippen LogP contribution in [0.25, 0.3) is 0 Å². The van der Waals surface area contributed by atoms with E-state index in [4.69, 9.17) is 18.0 Å². The van der Waals surface area contributed by atoms with Gasteiger partial charge < -0.3 is 10.4 Å². The number of anilines is 1. The molecule has 0 fully saturated rings. The number of hydrogen-bond acceptors (Lipinski definition) is 3. The Hall–Kier alpha value is -13.6. The summed E-state index contributed by atoms with van der Waals surface area (Å²) in [7, 11) is 0. The first-order valence-electron chi connectivity index (χ1n) is 23.7. The van der Waals surface area contributed by atoms with E-state index in [0.29, 0.717) is 0 Å². The highest BCUT2D eigenvalue weighted by Gasteiger charge is 2.44. The van der Waals surface area contributed by atoms with Crippen LogP contribution in [0, 0.1) is 262 Å². The molecule has 2 aromatic rings. The number of carboxylic acid groups (broad SMARTS) is 1. The van der Waals surface area contributed by atoms with E-state index >= 15 is 0 Å². The molecule has 0 radical (unpaired) electrons. The number of para-hydroxylation sites is 1. The third kappa shape index (κ3) is 21.4. The molecule has 0 unspecified atom stereocenters. The van der Waals surface area contributed by atoms with Crippen LogP contribution in [-0.2, 0) is 27.0 Å². The Labute approximate surface area is 477 Å². The smallest absolute Gasteiger partial charge is 0.303 e. The van der Waals surface area contributed by atoms with Crippen LogP contribution in [0.3, 0.4) is 0 Å². The first-order chi connectivity index (χ1) is 39.5. The van der Waals surface area contributed by atoms with Gasteiger partial charge in [0.25, 0.3) is 0 Å². The SMILES string of the molecule is C#CC#CC#CC#CC#CC#CC#CC#CC#CC#CC#CN1/C(=C/C=C/C=C/C2=[N+](C#CC#CC#CC#CC#CC#CC#CC#CC#CC#CC#C)c3ccccc3C2(C)C)C(C)(C)c2cc(CNC(=O)CCCC(=O)O)ccc21. The summed E-state index contributed by atoms with van der Waals surface area (Å²) in [6, 6.07) is 20.4. The molecule has 0 saturated carbocycles. The summed E-state index contributed by atoms with van der Waals surface area (Å²) in [4.78, 5) is 25.3. The molecule has 2 aromatic carbocycles. The topological polar surface area (TPSA) is 72.7 Å². The minimum absolute atomic E-state index is 0.0751. The highest BCUT2D eigenvalue weighted by Crippen LogP contribution is 2.48. The summed E-state index contributed by atoms with van der Waals surface area (Å²) >= 11 is 0. The van der Waals surface area contributed by atoms with Crippen molar-refractivity contribution in [1.82, 2.24) is 5.32 Å². The summed E-state index contributed by atoms with van der Waals surface area (Å²) in [6.45, 7) is 8.75. The standard InChI is InChI=1S/C75H35N3O3/c1-7-9-11-13-15-17-19-21-23-25-27-29-31-33-35-37-39-41-43-50-61-77-68-54-49-48-53-66(68)74(3,4)70(77)55-46-45-47-56-71-75(5,6)67-63-65(64-76-72(79)57-52-58-73(80)81)59-60-69(67)78(71)62-51-44-42-40-38-36-34-32-30-28-26-24-22-20-18-16-14-12-10-8-2/h1-2,45-49,53-56,59-60,63H,52,57-58,64H2,3-6H3,(H-,76,79,80,81)/p+1. The number of hydrogen-bond donors (Lipinski definition) is 2. The number of terminal acetylenes is 2. The number of allylic oxidation sites excluding steroid dienone is 6. The van der Waals surface area contributed by atoms with Crippen LogP contribution in [0.15, 0.2) is 78.5 Å². The first-order valence-corrected chi connectivity index (χ1v) is 23.7. The van der Waals surface area contributed by atoms with Crippen LogP contribution in [0.4, 0.5) is 11.4 Å². The molecular formula is C75H36N3O3+. The molecule has 4 rings (SSSR count). The molecule has 0 spiro atoms. The van der Waals surface area contributed by atoms with Crippen LogP contribution >= 0.6 is 0 Å². The Morgan fingerprint density at radius 2 is 0.975 bits per heavy atom. The van der Waals surface area contributed by atoms with Gasteiger partial charge in [0.1, 0.15) is 0 Å². The molecule has 2 heterocycles. The van der Waals surface area contributed by atoms with E-state index in [1.807, 2.05) is 76.3 Å². The number of rotatable bonds is 9. The van der Waals surface area contributed by atoms with Gasteiger partial charge in [0.15, 0.2) is 0 Å². The summed E-state index contributed by atoms with van der Waals surface area (Å²) in [5.41, 5.74) is 5.66. The van der Waals surface area contributed by atoms with Gasteiger partial charge in [-0.25, -0.2) is 0 Å². The number of carbonyl (C=O) groups is 2. The van der Waals surface area contributed by atoms with Crippen molar-refractivity contribution >= 4 is 29.0 Å². The van der Waals surface area contributed by atoms with Gasteiger partial charge in [-0.3, -0.25) is 14.5 Å². The minimum Gasteiger partial charge on any atom is -0.481 e. The molecule has 0 atom stereocenters. The van der Waals surface area contributed by atoms with Crippen molar-refractivity contribution in [3.05, 3.63) is 95.2 Å². The number of fused-ring (bicyclic) bond motifs is 2. The van der Waals surface area contributed by atoms with E-state index < -0.39 is 11.4 Å². The average Bonchev–Trinajstić information content (AvgIpc) is 2.68. The fourth-order valence-electron chi connectivity index (χ4n) is 6.84. The monoisotopic (exact) mass is 1030 g/mol. The maximum absolute atomic E-state index is 12.5. The summed E-state index contributed by atoms with van der Waals surface area (Å²) in [6.07, 6.45) is 20.2. The number of carboxylic acids is 1. The molecule has 81 heavy (non-hydrogen) atoms. The normalized spacial score (nSPS) is 10.8. The van der Waals surface area contributed by atoms with Gasteiger partial charge in [0, 0.05) is 190 Å². The minimum atomic E-state index is -0.942. The molecule has 0 aliphatic carbocycles. The summed E-state index contributed by atoms with van der Waals surface area (Å²) in [5, 5.41) is 11.9. The number of nitrogens with zero attached hydrogens (tertiary/aromatic N) is 2. The van der Waals surface area contributed by atoms with E-state index in [0.717, 1.165) is 39.5 Å². The largest absolute Gasteiger partial charge is 0.481 e. The second kappa shape index (κ2) is 34.7. The lowest BCUT2D eigenvalue weighted by Gasteiger charge is -2.22. The van der Waals surface area contributed by atoms with Crippen LogP contribution in [-0.4, -0.2) is 27.3 Å². The summed E-state index contributed by atoms with van der Waals surface area (Å²) < 4.78 is 1.93. The first kappa shape index (κ1) is 59.9. The van der Waals surface area contributed by atoms with Gasteiger partial charge in [-0.15, -0.1) is 17.4 Å². The number of carbonyl (C=O) groups excluding carboxylic acids is 1. The molecular weight excluding hydrogens is 991 g/mol. The molecule has 2 aliphatic rings. The lowest BCUT2D eigenvalue weighted by Crippen LogP contribution is -2.26. The van der Waals surface area contributed by atoms with Gasteiger partial charge >= 0.3 is 5.97 Å². The Balaban J connectivity index is 1.56. The van der Waals surface area contributed by atoms with E-state index in [-0.39, 0.29) is 37.1 Å². The van der Waals surface area contributed by atoms with Gasteiger partial charge in [-0.2, -0.15) is 0 Å². The third-order valence-corrected chi connectivity index (χ3v) is 10.3. The third-order valence-electron chi connectivity index (χ3n) is 10.3. The van der Waals surface area contributed by atoms with E-state index in [1.54, 1.807) is 0 Å². The fourth-order valence-corrected chi connectivity index (χ4v) is 6.84. The maximum atomic E-state index is 12.5. The molecule has 6 heteroatoms. The van der Waals surface area contributed by atoms with Crippen LogP contribution in [0.1, 0.15) is 63.6 Å². The average molecular weight is 1030 g/mol. The van der Waals surface area contributed by atoms with E-state index in [1.165, 1.54) is 0 Å². The van der Waals surface area contributed by atoms with Gasteiger partial charge in [-0.1, -0.05) is 62.4 Å². The van der Waals surface area contributed by atoms with Crippen molar-refractivity contribution in [2.75, 3.05) is 4.90 Å². The molecule has 1 amide bonds. The predicted molar refractivity (Wildman–Crippen MR) is 319 cm³/mol. The highest BCUT2D eigenvalue weighted by atomic mass is 16.4. The van der Waals surface area contributed by atoms with Gasteiger partial charge in [-0.05, 0) is 138 Å². The number of nitrogens with one attached hydrogen (secondary N) is 1. The Morgan fingerprint density at radius 1 is 0.531 bits per heavy atom. The van der Waals surface area contributed by atoms with Crippen molar-refractivity contribution < 1.29 is 19.3 Å². The van der Waals surface area contributed by atoms with Crippen molar-refractivity contribution in [2.45, 2.75) is 64.3 Å². The van der Waals surface area contributed by atoms with Crippen molar-refractivity contribution in [3.63, 3.8) is 0 Å². The van der Waals surface area contributed by atoms with Crippen LogP contribution in [0.2, 0.25) is 0 Å². The lowest BCUT2D eigenvalue weighted by atomic mass is 9.81.